The summed E-state index contributed by atoms with van der Waals surface area (Å²) in [5.41, 5.74) is 1.58. The standard InChI is InChI=1S/C17H26N2O3/c1-17(2,3)22-16(21)19-15-10-18-9-8-14(15)13-6-4-12(11-20)5-7-13/h4-7,14-15,18,20H,8-11H2,1-3H3,(H,19,21)/t14?,15-/m0/s1. The van der Waals surface area contributed by atoms with E-state index in [2.05, 4.69) is 10.6 Å². The van der Waals surface area contributed by atoms with Gasteiger partial charge in [0.1, 0.15) is 5.60 Å². The number of nitrogens with one attached hydrogen (secondary N) is 2. The van der Waals surface area contributed by atoms with E-state index in [0.29, 0.717) is 0 Å². The van der Waals surface area contributed by atoms with Crippen molar-refractivity contribution in [2.45, 2.75) is 51.4 Å². The Kier molecular flexibility index (Phi) is 5.42. The van der Waals surface area contributed by atoms with E-state index in [1.807, 2.05) is 45.0 Å². The third-order valence-electron chi connectivity index (χ3n) is 3.77. The average molecular weight is 306 g/mol. The molecule has 0 spiro atoms. The van der Waals surface area contributed by atoms with E-state index in [1.54, 1.807) is 0 Å². The predicted octanol–water partition coefficient (Wildman–Crippen LogP) is 2.15. The molecule has 0 aromatic heterocycles. The van der Waals surface area contributed by atoms with Crippen molar-refractivity contribution in [1.29, 1.82) is 0 Å². The van der Waals surface area contributed by atoms with Crippen LogP contribution in [-0.4, -0.2) is 35.9 Å². The Labute approximate surface area is 132 Å². The van der Waals surface area contributed by atoms with Gasteiger partial charge in [0, 0.05) is 12.5 Å². The number of benzene rings is 1. The van der Waals surface area contributed by atoms with E-state index >= 15 is 0 Å². The topological polar surface area (TPSA) is 70.6 Å². The van der Waals surface area contributed by atoms with Crippen LogP contribution in [0.4, 0.5) is 4.79 Å². The van der Waals surface area contributed by atoms with Gasteiger partial charge in [-0.3, -0.25) is 0 Å². The first kappa shape index (κ1) is 16.8. The minimum absolute atomic E-state index is 0.00331. The Bertz CT molecular complexity index is 494. The fourth-order valence-corrected chi connectivity index (χ4v) is 2.74. The number of ether oxygens (including phenoxy) is 1. The van der Waals surface area contributed by atoms with Gasteiger partial charge >= 0.3 is 6.09 Å². The van der Waals surface area contributed by atoms with E-state index in [9.17, 15) is 4.79 Å². The van der Waals surface area contributed by atoms with E-state index in [0.717, 1.165) is 25.1 Å². The molecule has 122 valence electrons. The third kappa shape index (κ3) is 4.71. The number of hydrogen-bond donors (Lipinski definition) is 3. The minimum Gasteiger partial charge on any atom is -0.444 e. The lowest BCUT2D eigenvalue weighted by Crippen LogP contribution is -2.51. The second-order valence-corrected chi connectivity index (χ2v) is 6.75. The molecule has 1 saturated heterocycles. The van der Waals surface area contributed by atoms with Crippen molar-refractivity contribution in [2.24, 2.45) is 0 Å². The molecule has 1 aliphatic heterocycles. The van der Waals surface area contributed by atoms with Gasteiger partial charge in [-0.25, -0.2) is 4.79 Å². The van der Waals surface area contributed by atoms with Gasteiger partial charge in [-0.05, 0) is 44.9 Å². The molecule has 1 amide bonds. The lowest BCUT2D eigenvalue weighted by Gasteiger charge is -2.33. The van der Waals surface area contributed by atoms with E-state index in [4.69, 9.17) is 9.84 Å². The molecule has 22 heavy (non-hydrogen) atoms. The van der Waals surface area contributed by atoms with Crippen molar-refractivity contribution in [3.05, 3.63) is 35.4 Å². The third-order valence-corrected chi connectivity index (χ3v) is 3.77. The fourth-order valence-electron chi connectivity index (χ4n) is 2.74. The summed E-state index contributed by atoms with van der Waals surface area (Å²) in [6, 6.07) is 7.93. The zero-order valence-electron chi connectivity index (χ0n) is 13.6. The lowest BCUT2D eigenvalue weighted by molar-refractivity contribution is 0.0489. The molecule has 1 aromatic rings. The SMILES string of the molecule is CC(C)(C)OC(=O)N[C@H]1CNCCC1c1ccc(CO)cc1. The summed E-state index contributed by atoms with van der Waals surface area (Å²) in [5.74, 6) is 0.251. The molecular formula is C17H26N2O3. The van der Waals surface area contributed by atoms with Crippen LogP contribution in [0.5, 0.6) is 0 Å². The highest BCUT2D eigenvalue weighted by Crippen LogP contribution is 2.26. The van der Waals surface area contributed by atoms with E-state index in [-0.39, 0.29) is 24.7 Å². The first-order valence-corrected chi connectivity index (χ1v) is 7.79. The van der Waals surface area contributed by atoms with Crippen LogP contribution in [0, 0.1) is 0 Å². The molecule has 0 aliphatic carbocycles. The number of carbonyl (C=O) groups is 1. The number of amides is 1. The Morgan fingerprint density at radius 2 is 2.05 bits per heavy atom. The monoisotopic (exact) mass is 306 g/mol. The number of piperidine rings is 1. The summed E-state index contributed by atoms with van der Waals surface area (Å²) >= 11 is 0. The molecule has 0 saturated carbocycles. The number of alkyl carbamates (subject to hydrolysis) is 1. The minimum atomic E-state index is -0.496. The maximum Gasteiger partial charge on any atom is 0.407 e. The molecule has 5 heteroatoms. The maximum absolute atomic E-state index is 12.0. The van der Waals surface area contributed by atoms with Crippen LogP contribution in [0.15, 0.2) is 24.3 Å². The van der Waals surface area contributed by atoms with Gasteiger partial charge in [0.2, 0.25) is 0 Å². The Morgan fingerprint density at radius 3 is 2.64 bits per heavy atom. The molecular weight excluding hydrogens is 280 g/mol. The molecule has 0 bridgehead atoms. The summed E-state index contributed by atoms with van der Waals surface area (Å²) in [6.07, 6.45) is 0.581. The zero-order chi connectivity index (χ0) is 16.2. The predicted molar refractivity (Wildman–Crippen MR) is 85.8 cm³/mol. The molecule has 5 nitrogen and oxygen atoms in total. The summed E-state index contributed by atoms with van der Waals surface area (Å²) in [6.45, 7) is 7.28. The molecule has 1 unspecified atom stereocenters. The van der Waals surface area contributed by atoms with Crippen LogP contribution >= 0.6 is 0 Å². The van der Waals surface area contributed by atoms with Crippen molar-refractivity contribution < 1.29 is 14.6 Å². The van der Waals surface area contributed by atoms with Crippen LogP contribution in [0.2, 0.25) is 0 Å². The van der Waals surface area contributed by atoms with Crippen LogP contribution in [0.25, 0.3) is 0 Å². The van der Waals surface area contributed by atoms with Crippen molar-refractivity contribution in [3.8, 4) is 0 Å². The molecule has 2 rings (SSSR count). The number of carbonyl (C=O) groups excluding carboxylic acids is 1. The summed E-state index contributed by atoms with van der Waals surface area (Å²) in [5, 5.41) is 15.4. The Balaban J connectivity index is 2.05. The summed E-state index contributed by atoms with van der Waals surface area (Å²) in [4.78, 5) is 12.0. The number of rotatable bonds is 3. The van der Waals surface area contributed by atoms with Gasteiger partial charge in [-0.2, -0.15) is 0 Å². The second kappa shape index (κ2) is 7.11. The van der Waals surface area contributed by atoms with Crippen LogP contribution in [-0.2, 0) is 11.3 Å². The second-order valence-electron chi connectivity index (χ2n) is 6.75. The van der Waals surface area contributed by atoms with Crippen LogP contribution < -0.4 is 10.6 Å². The number of aliphatic hydroxyl groups is 1. The van der Waals surface area contributed by atoms with Gasteiger partial charge in [0.15, 0.2) is 0 Å². The van der Waals surface area contributed by atoms with Crippen LogP contribution in [0.3, 0.4) is 0 Å². The first-order chi connectivity index (χ1) is 10.4. The molecule has 1 aromatic carbocycles. The quantitative estimate of drug-likeness (QED) is 0.800. The molecule has 1 heterocycles. The Hall–Kier alpha value is -1.59. The van der Waals surface area contributed by atoms with Gasteiger partial charge in [0.05, 0.1) is 12.6 Å². The van der Waals surface area contributed by atoms with E-state index < -0.39 is 5.60 Å². The van der Waals surface area contributed by atoms with Gasteiger partial charge in [-0.15, -0.1) is 0 Å². The number of aliphatic hydroxyl groups excluding tert-OH is 1. The maximum atomic E-state index is 12.0. The van der Waals surface area contributed by atoms with Crippen molar-refractivity contribution in [2.75, 3.05) is 13.1 Å². The molecule has 0 radical (unpaired) electrons. The van der Waals surface area contributed by atoms with Crippen LogP contribution in [0.1, 0.15) is 44.2 Å². The van der Waals surface area contributed by atoms with Gasteiger partial charge < -0.3 is 20.5 Å². The summed E-state index contributed by atoms with van der Waals surface area (Å²) in [7, 11) is 0. The van der Waals surface area contributed by atoms with Crippen molar-refractivity contribution >= 4 is 6.09 Å². The first-order valence-electron chi connectivity index (χ1n) is 7.79. The molecule has 2 atom stereocenters. The van der Waals surface area contributed by atoms with Gasteiger partial charge in [-0.1, -0.05) is 24.3 Å². The molecule has 1 aliphatic rings. The normalized spacial score (nSPS) is 22.2. The summed E-state index contributed by atoms with van der Waals surface area (Å²) < 4.78 is 5.35. The van der Waals surface area contributed by atoms with E-state index in [1.165, 1.54) is 5.56 Å². The Morgan fingerprint density at radius 1 is 1.36 bits per heavy atom. The number of hydrogen-bond acceptors (Lipinski definition) is 4. The van der Waals surface area contributed by atoms with Crippen molar-refractivity contribution in [1.82, 2.24) is 10.6 Å². The highest BCUT2D eigenvalue weighted by Gasteiger charge is 2.29. The zero-order valence-corrected chi connectivity index (χ0v) is 13.6. The van der Waals surface area contributed by atoms with Crippen molar-refractivity contribution in [3.63, 3.8) is 0 Å². The smallest absolute Gasteiger partial charge is 0.407 e. The highest BCUT2D eigenvalue weighted by atomic mass is 16.6. The molecule has 1 fully saturated rings. The highest BCUT2D eigenvalue weighted by molar-refractivity contribution is 5.68. The average Bonchev–Trinajstić information content (AvgIpc) is 2.46. The molecule has 3 N–H and O–H groups in total. The van der Waals surface area contributed by atoms with Gasteiger partial charge in [0.25, 0.3) is 0 Å². The lowest BCUT2D eigenvalue weighted by atomic mass is 9.86. The fraction of sp³-hybridized carbons (Fsp3) is 0.588. The largest absolute Gasteiger partial charge is 0.444 e.